The number of rotatable bonds is 10. The van der Waals surface area contributed by atoms with E-state index in [0.29, 0.717) is 11.5 Å². The van der Waals surface area contributed by atoms with E-state index in [1.165, 1.54) is 50.1 Å². The normalized spacial score (nSPS) is 18.8. The standard InChI is InChI=1S/C22H39N5O2S/c1-6-23-22(24-13-9-11-15-27-14-10-8-12-16(27)3)26-18(5)20-25-17(4)19(30-20)21(28)29-7-2/h16,18H,6-15H2,1-5H3,(H2,23,24,26). The molecule has 1 aromatic heterocycles. The first-order valence-electron chi connectivity index (χ1n) is 11.4. The van der Waals surface area contributed by atoms with E-state index in [1.54, 1.807) is 0 Å². The minimum atomic E-state index is -0.297. The van der Waals surface area contributed by atoms with E-state index in [9.17, 15) is 4.79 Å². The Morgan fingerprint density at radius 1 is 1.37 bits per heavy atom. The Bertz CT molecular complexity index is 691. The molecule has 1 aromatic rings. The summed E-state index contributed by atoms with van der Waals surface area (Å²) in [6.45, 7) is 14.5. The van der Waals surface area contributed by atoms with Gasteiger partial charge in [0.1, 0.15) is 9.88 Å². The monoisotopic (exact) mass is 437 g/mol. The fraction of sp³-hybridized carbons (Fsp3) is 0.773. The molecule has 2 N–H and O–H groups in total. The number of carbonyl (C=O) groups excluding carboxylic acids is 1. The van der Waals surface area contributed by atoms with Crippen molar-refractivity contribution >= 4 is 23.3 Å². The number of piperidine rings is 1. The molecule has 0 spiro atoms. The molecule has 0 radical (unpaired) electrons. The largest absolute Gasteiger partial charge is 0.462 e. The van der Waals surface area contributed by atoms with E-state index in [0.717, 1.165) is 42.2 Å². The van der Waals surface area contributed by atoms with Gasteiger partial charge in [-0.1, -0.05) is 6.42 Å². The van der Waals surface area contributed by atoms with Crippen LogP contribution in [0.25, 0.3) is 0 Å². The molecule has 1 saturated heterocycles. The number of aliphatic imine (C=N–C) groups is 1. The first-order chi connectivity index (χ1) is 14.5. The zero-order valence-corrected chi connectivity index (χ0v) is 20.1. The third-order valence-electron chi connectivity index (χ3n) is 5.41. The third kappa shape index (κ3) is 7.54. The molecule has 0 aromatic carbocycles. The minimum absolute atomic E-state index is 0.0381. The Kier molecular flexibility index (Phi) is 10.6. The van der Waals surface area contributed by atoms with Gasteiger partial charge in [0, 0.05) is 19.1 Å². The Morgan fingerprint density at radius 3 is 2.87 bits per heavy atom. The number of nitrogens with zero attached hydrogens (tertiary/aromatic N) is 3. The number of ether oxygens (including phenoxy) is 1. The summed E-state index contributed by atoms with van der Waals surface area (Å²) in [5.74, 6) is 0.497. The SMILES string of the molecule is CCNC(=NCCCCN1CCCCC1C)NC(C)c1nc(C)c(C(=O)OCC)s1. The number of unbranched alkanes of at least 4 members (excludes halogenated alkanes) is 1. The number of thiazole rings is 1. The molecule has 0 aliphatic carbocycles. The summed E-state index contributed by atoms with van der Waals surface area (Å²) >= 11 is 1.39. The Balaban J connectivity index is 1.85. The van der Waals surface area contributed by atoms with Crippen molar-refractivity contribution < 1.29 is 9.53 Å². The van der Waals surface area contributed by atoms with Crippen molar-refractivity contribution in [3.05, 3.63) is 15.6 Å². The van der Waals surface area contributed by atoms with Crippen LogP contribution in [0.4, 0.5) is 0 Å². The number of aryl methyl sites for hydroxylation is 1. The van der Waals surface area contributed by atoms with E-state index >= 15 is 0 Å². The van der Waals surface area contributed by atoms with Crippen molar-refractivity contribution in [2.24, 2.45) is 4.99 Å². The second-order valence-corrected chi connectivity index (χ2v) is 8.93. The van der Waals surface area contributed by atoms with Gasteiger partial charge in [0.25, 0.3) is 0 Å². The summed E-state index contributed by atoms with van der Waals surface area (Å²) in [5, 5.41) is 7.59. The van der Waals surface area contributed by atoms with Gasteiger partial charge >= 0.3 is 5.97 Å². The molecule has 1 aliphatic rings. The van der Waals surface area contributed by atoms with Gasteiger partial charge < -0.3 is 20.3 Å². The van der Waals surface area contributed by atoms with Crippen LogP contribution in [0.15, 0.2) is 4.99 Å². The molecule has 30 heavy (non-hydrogen) atoms. The number of esters is 1. The van der Waals surface area contributed by atoms with Crippen LogP contribution < -0.4 is 10.6 Å². The average Bonchev–Trinajstić information content (AvgIpc) is 3.11. The molecule has 1 fully saturated rings. The quantitative estimate of drug-likeness (QED) is 0.250. The van der Waals surface area contributed by atoms with Gasteiger partial charge in [0.15, 0.2) is 5.96 Å². The zero-order valence-electron chi connectivity index (χ0n) is 19.3. The highest BCUT2D eigenvalue weighted by atomic mass is 32.1. The molecular weight excluding hydrogens is 398 g/mol. The second-order valence-electron chi connectivity index (χ2n) is 7.90. The zero-order chi connectivity index (χ0) is 21.9. The van der Waals surface area contributed by atoms with Gasteiger partial charge in [-0.15, -0.1) is 11.3 Å². The molecular formula is C22H39N5O2S. The molecule has 1 aliphatic heterocycles. The summed E-state index contributed by atoms with van der Waals surface area (Å²) in [4.78, 5) is 24.5. The summed E-state index contributed by atoms with van der Waals surface area (Å²) in [6, 6.07) is 0.687. The van der Waals surface area contributed by atoms with Crippen molar-refractivity contribution in [3.63, 3.8) is 0 Å². The van der Waals surface area contributed by atoms with Gasteiger partial charge in [-0.25, -0.2) is 9.78 Å². The van der Waals surface area contributed by atoms with Crippen molar-refractivity contribution in [2.75, 3.05) is 32.8 Å². The molecule has 2 unspecified atom stereocenters. The molecule has 0 amide bonds. The predicted octanol–water partition coefficient (Wildman–Crippen LogP) is 3.90. The fourth-order valence-corrected chi connectivity index (χ4v) is 4.65. The maximum absolute atomic E-state index is 12.1. The van der Waals surface area contributed by atoms with Crippen molar-refractivity contribution in [1.82, 2.24) is 20.5 Å². The van der Waals surface area contributed by atoms with Crippen LogP contribution in [0.2, 0.25) is 0 Å². The highest BCUT2D eigenvalue weighted by Gasteiger charge is 2.20. The fourth-order valence-electron chi connectivity index (χ4n) is 3.68. The lowest BCUT2D eigenvalue weighted by Gasteiger charge is -2.33. The first kappa shape index (κ1) is 24.6. The highest BCUT2D eigenvalue weighted by Crippen LogP contribution is 2.24. The lowest BCUT2D eigenvalue weighted by Crippen LogP contribution is -2.39. The first-order valence-corrected chi connectivity index (χ1v) is 12.2. The molecule has 0 saturated carbocycles. The van der Waals surface area contributed by atoms with Crippen LogP contribution in [0, 0.1) is 6.92 Å². The average molecular weight is 438 g/mol. The van der Waals surface area contributed by atoms with E-state index < -0.39 is 0 Å². The van der Waals surface area contributed by atoms with Crippen LogP contribution in [-0.4, -0.2) is 60.6 Å². The maximum Gasteiger partial charge on any atom is 0.350 e. The minimum Gasteiger partial charge on any atom is -0.462 e. The van der Waals surface area contributed by atoms with Crippen molar-refractivity contribution in [2.45, 2.75) is 78.8 Å². The van der Waals surface area contributed by atoms with Gasteiger partial charge in [0.2, 0.25) is 0 Å². The highest BCUT2D eigenvalue weighted by molar-refractivity contribution is 7.13. The lowest BCUT2D eigenvalue weighted by molar-refractivity contribution is 0.0531. The molecule has 2 atom stereocenters. The van der Waals surface area contributed by atoms with Gasteiger partial charge in [-0.2, -0.15) is 0 Å². The van der Waals surface area contributed by atoms with E-state index in [2.05, 4.69) is 34.4 Å². The van der Waals surface area contributed by atoms with Crippen LogP contribution in [-0.2, 0) is 4.74 Å². The summed E-state index contributed by atoms with van der Waals surface area (Å²) in [7, 11) is 0. The van der Waals surface area contributed by atoms with Crippen molar-refractivity contribution in [1.29, 1.82) is 0 Å². The van der Waals surface area contributed by atoms with E-state index in [4.69, 9.17) is 9.73 Å². The van der Waals surface area contributed by atoms with Crippen LogP contribution in [0.1, 0.15) is 86.2 Å². The summed E-state index contributed by atoms with van der Waals surface area (Å²) < 4.78 is 5.12. The number of hydrogen-bond donors (Lipinski definition) is 2. The molecule has 2 rings (SSSR count). The van der Waals surface area contributed by atoms with E-state index in [1.807, 2.05) is 20.8 Å². The Hall–Kier alpha value is -1.67. The molecule has 0 bridgehead atoms. The number of guanidine groups is 1. The molecule has 7 nitrogen and oxygen atoms in total. The van der Waals surface area contributed by atoms with Gasteiger partial charge in [-0.05, 0) is 73.4 Å². The summed E-state index contributed by atoms with van der Waals surface area (Å²) in [6.07, 6.45) is 6.30. The van der Waals surface area contributed by atoms with Crippen LogP contribution in [0.5, 0.6) is 0 Å². The molecule has 8 heteroatoms. The van der Waals surface area contributed by atoms with Crippen LogP contribution >= 0.6 is 11.3 Å². The maximum atomic E-state index is 12.1. The second kappa shape index (κ2) is 12.9. The van der Waals surface area contributed by atoms with Crippen LogP contribution in [0.3, 0.4) is 0 Å². The summed E-state index contributed by atoms with van der Waals surface area (Å²) in [5.41, 5.74) is 0.719. The lowest BCUT2D eigenvalue weighted by atomic mass is 10.0. The number of likely N-dealkylation sites (tertiary alicyclic amines) is 1. The Labute approximate surface area is 185 Å². The van der Waals surface area contributed by atoms with E-state index in [-0.39, 0.29) is 12.0 Å². The Morgan fingerprint density at radius 2 is 2.17 bits per heavy atom. The number of carbonyl (C=O) groups is 1. The smallest absolute Gasteiger partial charge is 0.350 e. The molecule has 170 valence electrons. The van der Waals surface area contributed by atoms with Gasteiger partial charge in [-0.3, -0.25) is 4.99 Å². The number of hydrogen-bond acceptors (Lipinski definition) is 6. The third-order valence-corrected chi connectivity index (χ3v) is 6.73. The number of nitrogens with one attached hydrogen (secondary N) is 2. The topological polar surface area (TPSA) is 78.9 Å². The van der Waals surface area contributed by atoms with Crippen molar-refractivity contribution in [3.8, 4) is 0 Å². The van der Waals surface area contributed by atoms with Gasteiger partial charge in [0.05, 0.1) is 18.3 Å². The molecule has 2 heterocycles. The number of aromatic nitrogens is 1. The predicted molar refractivity (Wildman–Crippen MR) is 124 cm³/mol.